The summed E-state index contributed by atoms with van der Waals surface area (Å²) in [6.07, 6.45) is -4.92. The van der Waals surface area contributed by atoms with E-state index in [9.17, 15) is 32.8 Å². The highest BCUT2D eigenvalue weighted by Crippen LogP contribution is 2.45. The van der Waals surface area contributed by atoms with Crippen LogP contribution in [0.5, 0.6) is 0 Å². The van der Waals surface area contributed by atoms with Gasteiger partial charge in [0, 0.05) is 12.6 Å². The summed E-state index contributed by atoms with van der Waals surface area (Å²) in [6.45, 7) is 1.04. The van der Waals surface area contributed by atoms with E-state index >= 15 is 0 Å². The van der Waals surface area contributed by atoms with Crippen LogP contribution in [0.25, 0.3) is 0 Å². The van der Waals surface area contributed by atoms with Gasteiger partial charge in [-0.3, -0.25) is 9.69 Å². The number of halogens is 3. The average molecular weight is 514 g/mol. The Balaban J connectivity index is 2.42. The van der Waals surface area contributed by atoms with Crippen molar-refractivity contribution >= 4 is 29.2 Å². The van der Waals surface area contributed by atoms with E-state index in [0.717, 1.165) is 38.2 Å². The number of nitrogens with two attached hydrogens (primary N) is 1. The number of esters is 2. The normalized spacial score (nSPS) is 15.7. The Hall–Kier alpha value is -4.79. The molecule has 37 heavy (non-hydrogen) atoms. The smallest absolute Gasteiger partial charge is 0.418 e. The van der Waals surface area contributed by atoms with E-state index in [1.165, 1.54) is 0 Å². The van der Waals surface area contributed by atoms with Gasteiger partial charge in [-0.25, -0.2) is 9.59 Å². The minimum Gasteiger partial charge on any atom is -0.466 e. The van der Waals surface area contributed by atoms with Crippen molar-refractivity contribution in [2.75, 3.05) is 24.4 Å². The molecular formula is C25H21F3N4O5. The fourth-order valence-electron chi connectivity index (χ4n) is 3.99. The van der Waals surface area contributed by atoms with Crippen LogP contribution < -0.4 is 16.0 Å². The lowest BCUT2D eigenvalue weighted by Crippen LogP contribution is -2.40. The molecule has 1 atom stereocenters. The molecule has 0 aliphatic carbocycles. The van der Waals surface area contributed by atoms with Crippen molar-refractivity contribution < 1.29 is 37.0 Å². The molecule has 9 nitrogen and oxygen atoms in total. The Morgan fingerprint density at radius 2 is 1.68 bits per heavy atom. The number of rotatable bonds is 5. The third-order valence-electron chi connectivity index (χ3n) is 5.49. The first-order chi connectivity index (χ1) is 17.5. The lowest BCUT2D eigenvalue weighted by Gasteiger charge is -2.36. The predicted octanol–water partition coefficient (Wildman–Crippen LogP) is 3.56. The van der Waals surface area contributed by atoms with Crippen molar-refractivity contribution in [3.8, 4) is 6.07 Å². The van der Waals surface area contributed by atoms with Gasteiger partial charge in [-0.05, 0) is 23.8 Å². The second-order valence-electron chi connectivity index (χ2n) is 7.74. The van der Waals surface area contributed by atoms with Gasteiger partial charge in [0.1, 0.15) is 11.5 Å². The molecule has 1 aliphatic rings. The van der Waals surface area contributed by atoms with Gasteiger partial charge in [0.2, 0.25) is 5.91 Å². The maximum absolute atomic E-state index is 13.9. The second kappa shape index (κ2) is 10.4. The Morgan fingerprint density at radius 3 is 2.19 bits per heavy atom. The number of amides is 1. The number of nitrogens with zero attached hydrogens (tertiary/aromatic N) is 2. The summed E-state index contributed by atoms with van der Waals surface area (Å²) < 4.78 is 51.5. The summed E-state index contributed by atoms with van der Waals surface area (Å²) in [5.74, 6) is -4.45. The lowest BCUT2D eigenvalue weighted by molar-refractivity contribution is -0.139. The lowest BCUT2D eigenvalue weighted by atomic mass is 9.81. The quantitative estimate of drug-likeness (QED) is 0.579. The largest absolute Gasteiger partial charge is 0.466 e. The number of ether oxygens (including phenoxy) is 2. The molecule has 3 N–H and O–H groups in total. The number of anilines is 2. The fourth-order valence-corrected chi connectivity index (χ4v) is 3.99. The highest BCUT2D eigenvalue weighted by molar-refractivity contribution is 6.06. The Bertz CT molecular complexity index is 1360. The second-order valence-corrected chi connectivity index (χ2v) is 7.74. The summed E-state index contributed by atoms with van der Waals surface area (Å²) in [6, 6.07) is 12.8. The van der Waals surface area contributed by atoms with Crippen molar-refractivity contribution in [3.63, 3.8) is 0 Å². The Labute approximate surface area is 209 Å². The SMILES string of the molecule is COC(=O)C1=C(C(=O)OC)N(c2ccc(NC(C)=O)c(C(F)(F)F)c2)C(N)=C(C#N)C1c1ccccc1. The molecule has 0 spiro atoms. The number of carbonyl (C=O) groups is 3. The van der Waals surface area contributed by atoms with E-state index in [-0.39, 0.29) is 16.8 Å². The molecule has 2 aromatic carbocycles. The zero-order valence-electron chi connectivity index (χ0n) is 19.8. The van der Waals surface area contributed by atoms with Gasteiger partial charge in [-0.15, -0.1) is 0 Å². The number of nitrogens with one attached hydrogen (secondary N) is 1. The maximum atomic E-state index is 13.9. The van der Waals surface area contributed by atoms with Crippen LogP contribution in [0.2, 0.25) is 0 Å². The van der Waals surface area contributed by atoms with E-state index < -0.39 is 52.7 Å². The number of allylic oxidation sites excluding steroid dienone is 1. The number of hydrogen-bond acceptors (Lipinski definition) is 8. The Kier molecular flexibility index (Phi) is 7.57. The molecule has 0 aromatic heterocycles. The van der Waals surface area contributed by atoms with Gasteiger partial charge in [-0.2, -0.15) is 18.4 Å². The van der Waals surface area contributed by atoms with Gasteiger partial charge in [0.15, 0.2) is 0 Å². The first kappa shape index (κ1) is 26.8. The topological polar surface area (TPSA) is 135 Å². The van der Waals surface area contributed by atoms with E-state index in [1.54, 1.807) is 30.3 Å². The van der Waals surface area contributed by atoms with Crippen LogP contribution in [0.3, 0.4) is 0 Å². The molecule has 1 unspecified atom stereocenters. The van der Waals surface area contributed by atoms with E-state index in [1.807, 2.05) is 6.07 Å². The predicted molar refractivity (Wildman–Crippen MR) is 125 cm³/mol. The van der Waals surface area contributed by atoms with Crippen molar-refractivity contribution in [1.29, 1.82) is 5.26 Å². The number of benzene rings is 2. The van der Waals surface area contributed by atoms with Crippen LogP contribution in [0.15, 0.2) is 71.2 Å². The third kappa shape index (κ3) is 5.11. The molecule has 2 aromatic rings. The van der Waals surface area contributed by atoms with Gasteiger partial charge in [0.05, 0.1) is 48.6 Å². The minimum absolute atomic E-state index is 0.209. The van der Waals surface area contributed by atoms with Crippen LogP contribution in [-0.4, -0.2) is 32.1 Å². The van der Waals surface area contributed by atoms with Gasteiger partial charge >= 0.3 is 18.1 Å². The van der Waals surface area contributed by atoms with Crippen LogP contribution in [-0.2, 0) is 30.0 Å². The third-order valence-corrected chi connectivity index (χ3v) is 5.49. The van der Waals surface area contributed by atoms with Crippen LogP contribution in [0.4, 0.5) is 24.5 Å². The molecule has 1 aliphatic heterocycles. The zero-order valence-corrected chi connectivity index (χ0v) is 19.8. The molecule has 1 amide bonds. The molecule has 12 heteroatoms. The maximum Gasteiger partial charge on any atom is 0.418 e. The first-order valence-electron chi connectivity index (χ1n) is 10.6. The van der Waals surface area contributed by atoms with Gasteiger partial charge in [-0.1, -0.05) is 30.3 Å². The first-order valence-corrected chi connectivity index (χ1v) is 10.6. The highest BCUT2D eigenvalue weighted by atomic mass is 19.4. The standard InChI is InChI=1S/C25H21F3N4O5/c1-13(33)31-18-10-9-15(11-17(18)25(26,27)28)32-21(24(35)37-3)20(23(34)36-2)19(16(12-29)22(32)30)14-7-5-4-6-8-14/h4-11,19H,30H2,1-3H3,(H,31,33). The van der Waals surface area contributed by atoms with Crippen LogP contribution in [0.1, 0.15) is 24.0 Å². The summed E-state index contributed by atoms with van der Waals surface area (Å²) in [7, 11) is 2.06. The summed E-state index contributed by atoms with van der Waals surface area (Å²) in [5.41, 5.74) is 3.50. The summed E-state index contributed by atoms with van der Waals surface area (Å²) in [4.78, 5) is 38.3. The summed E-state index contributed by atoms with van der Waals surface area (Å²) in [5, 5.41) is 12.1. The number of hydrogen-bond donors (Lipinski definition) is 2. The van der Waals surface area contributed by atoms with Crippen molar-refractivity contribution in [2.24, 2.45) is 5.73 Å². The molecule has 192 valence electrons. The molecule has 0 saturated carbocycles. The van der Waals surface area contributed by atoms with E-state index in [2.05, 4.69) is 5.32 Å². The van der Waals surface area contributed by atoms with Gasteiger partial charge in [0.25, 0.3) is 0 Å². The zero-order chi connectivity index (χ0) is 27.5. The molecule has 0 fully saturated rings. The van der Waals surface area contributed by atoms with Gasteiger partial charge < -0.3 is 20.5 Å². The molecule has 0 radical (unpaired) electrons. The van der Waals surface area contributed by atoms with Crippen LogP contribution >= 0.6 is 0 Å². The number of methoxy groups -OCH3 is 2. The molecule has 0 saturated heterocycles. The summed E-state index contributed by atoms with van der Waals surface area (Å²) >= 11 is 0. The Morgan fingerprint density at radius 1 is 1.05 bits per heavy atom. The molecular weight excluding hydrogens is 493 g/mol. The van der Waals surface area contributed by atoms with Crippen molar-refractivity contribution in [2.45, 2.75) is 19.0 Å². The van der Waals surface area contributed by atoms with E-state index in [0.29, 0.717) is 11.6 Å². The monoisotopic (exact) mass is 514 g/mol. The number of carbonyl (C=O) groups excluding carboxylic acids is 3. The van der Waals surface area contributed by atoms with Crippen molar-refractivity contribution in [3.05, 3.63) is 82.3 Å². The number of nitriles is 1. The number of alkyl halides is 3. The highest BCUT2D eigenvalue weighted by Gasteiger charge is 2.44. The molecule has 3 rings (SSSR count). The molecule has 1 heterocycles. The van der Waals surface area contributed by atoms with E-state index in [4.69, 9.17) is 15.2 Å². The minimum atomic E-state index is -4.92. The molecule has 0 bridgehead atoms. The van der Waals surface area contributed by atoms with Crippen molar-refractivity contribution in [1.82, 2.24) is 0 Å². The average Bonchev–Trinajstić information content (AvgIpc) is 2.86. The van der Waals surface area contributed by atoms with Crippen LogP contribution in [0, 0.1) is 11.3 Å². The fraction of sp³-hybridized carbons (Fsp3) is 0.200.